The fourth-order valence-corrected chi connectivity index (χ4v) is 0.454. The zero-order valence-corrected chi connectivity index (χ0v) is 8.52. The second-order valence-corrected chi connectivity index (χ2v) is 4.44. The van der Waals surface area contributed by atoms with Gasteiger partial charge in [-0.3, -0.25) is 0 Å². The highest BCUT2D eigenvalue weighted by Gasteiger charge is 2.38. The summed E-state index contributed by atoms with van der Waals surface area (Å²) in [5.74, 6) is -2.76. The number of nitrogens with two attached hydrogens (primary N) is 1. The standard InChI is InChI=1S/C4H9NO2S.C2HF3O2/c1-4(3-5)8(2,6)7;3-2(4,5)1(6)7/h1,3,5H2,2H3;(H,6,7). The molecule has 0 radical (unpaired) electrons. The van der Waals surface area contributed by atoms with Gasteiger partial charge in [0.05, 0.1) is 4.91 Å². The maximum absolute atomic E-state index is 10.6. The molecule has 3 N–H and O–H groups in total. The van der Waals surface area contributed by atoms with Crippen LogP contribution in [0.15, 0.2) is 11.5 Å². The predicted octanol–water partition coefficient (Wildman–Crippen LogP) is 0.137. The molecule has 90 valence electrons. The minimum Gasteiger partial charge on any atom is -0.475 e. The number of rotatable bonds is 2. The Bertz CT molecular complexity index is 333. The van der Waals surface area contributed by atoms with Crippen LogP contribution in [-0.2, 0) is 14.6 Å². The molecule has 0 spiro atoms. The highest BCUT2D eigenvalue weighted by Crippen LogP contribution is 2.13. The normalized spacial score (nSPS) is 11.3. The molecular formula is C6H10F3NO4S. The molecule has 9 heteroatoms. The van der Waals surface area contributed by atoms with Gasteiger partial charge < -0.3 is 10.8 Å². The van der Waals surface area contributed by atoms with Crippen molar-refractivity contribution in [3.05, 3.63) is 11.5 Å². The fourth-order valence-electron chi connectivity index (χ4n) is 0.151. The molecular weight excluding hydrogens is 239 g/mol. The summed E-state index contributed by atoms with van der Waals surface area (Å²) in [6.07, 6.45) is -4.00. The van der Waals surface area contributed by atoms with Gasteiger partial charge in [-0.15, -0.1) is 0 Å². The van der Waals surface area contributed by atoms with E-state index < -0.39 is 22.0 Å². The average Bonchev–Trinajstić information content (AvgIpc) is 2.00. The van der Waals surface area contributed by atoms with Crippen LogP contribution in [0.25, 0.3) is 0 Å². The molecule has 15 heavy (non-hydrogen) atoms. The van der Waals surface area contributed by atoms with E-state index in [1.54, 1.807) is 0 Å². The van der Waals surface area contributed by atoms with Crippen molar-refractivity contribution in [3.63, 3.8) is 0 Å². The molecule has 0 rings (SSSR count). The number of carboxylic acids is 1. The Morgan fingerprint density at radius 1 is 1.47 bits per heavy atom. The first-order valence-corrected chi connectivity index (χ1v) is 5.20. The van der Waals surface area contributed by atoms with Crippen molar-refractivity contribution in [1.29, 1.82) is 0 Å². The summed E-state index contributed by atoms with van der Waals surface area (Å²) < 4.78 is 52.5. The van der Waals surface area contributed by atoms with Gasteiger partial charge in [0.2, 0.25) is 0 Å². The van der Waals surface area contributed by atoms with Gasteiger partial charge in [-0.05, 0) is 0 Å². The molecule has 0 aliphatic heterocycles. The number of sulfone groups is 1. The van der Waals surface area contributed by atoms with Gasteiger partial charge in [0.25, 0.3) is 0 Å². The lowest BCUT2D eigenvalue weighted by atomic mass is 10.7. The van der Waals surface area contributed by atoms with Crippen molar-refractivity contribution >= 4 is 15.8 Å². The van der Waals surface area contributed by atoms with Crippen molar-refractivity contribution in [1.82, 2.24) is 0 Å². The summed E-state index contributed by atoms with van der Waals surface area (Å²) in [5, 5.41) is 7.12. The molecule has 0 atom stereocenters. The van der Waals surface area contributed by atoms with E-state index in [1.165, 1.54) is 0 Å². The minimum absolute atomic E-state index is 0.0127. The van der Waals surface area contributed by atoms with Crippen LogP contribution in [0.5, 0.6) is 0 Å². The topological polar surface area (TPSA) is 97.5 Å². The van der Waals surface area contributed by atoms with Gasteiger partial charge in [0.1, 0.15) is 0 Å². The predicted molar refractivity (Wildman–Crippen MR) is 46.7 cm³/mol. The van der Waals surface area contributed by atoms with Crippen molar-refractivity contribution in [2.45, 2.75) is 6.18 Å². The number of hydrogen-bond acceptors (Lipinski definition) is 4. The Balaban J connectivity index is 0. The number of aliphatic carboxylic acids is 1. The fraction of sp³-hybridized carbons (Fsp3) is 0.500. The van der Waals surface area contributed by atoms with Gasteiger partial charge in [0.15, 0.2) is 9.84 Å². The van der Waals surface area contributed by atoms with Crippen LogP contribution in [0.4, 0.5) is 13.2 Å². The van der Waals surface area contributed by atoms with Gasteiger partial charge in [-0.2, -0.15) is 13.2 Å². The molecule has 5 nitrogen and oxygen atoms in total. The first kappa shape index (κ1) is 16.3. The molecule has 0 aliphatic rings. The number of carboxylic acid groups (broad SMARTS) is 1. The van der Waals surface area contributed by atoms with Gasteiger partial charge in [-0.25, -0.2) is 13.2 Å². The molecule has 0 amide bonds. The van der Waals surface area contributed by atoms with Gasteiger partial charge in [-0.1, -0.05) is 6.58 Å². The van der Waals surface area contributed by atoms with E-state index in [9.17, 15) is 21.6 Å². The Morgan fingerprint density at radius 3 is 1.73 bits per heavy atom. The maximum Gasteiger partial charge on any atom is 0.490 e. The van der Waals surface area contributed by atoms with Crippen LogP contribution in [0.3, 0.4) is 0 Å². The van der Waals surface area contributed by atoms with Gasteiger partial charge >= 0.3 is 12.1 Å². The zero-order valence-electron chi connectivity index (χ0n) is 7.71. The third-order valence-corrected chi connectivity index (χ3v) is 2.21. The third-order valence-electron chi connectivity index (χ3n) is 0.995. The van der Waals surface area contributed by atoms with Crippen molar-refractivity contribution in [2.75, 3.05) is 12.8 Å². The van der Waals surface area contributed by atoms with Crippen LogP contribution in [0.1, 0.15) is 0 Å². The largest absolute Gasteiger partial charge is 0.490 e. The van der Waals surface area contributed by atoms with Crippen molar-refractivity contribution < 1.29 is 31.5 Å². The van der Waals surface area contributed by atoms with Crippen LogP contribution in [0.2, 0.25) is 0 Å². The third kappa shape index (κ3) is 9.22. The second kappa shape index (κ2) is 5.71. The molecule has 0 aliphatic carbocycles. The quantitative estimate of drug-likeness (QED) is 0.725. The molecule has 0 fully saturated rings. The molecule has 0 aromatic rings. The molecule has 0 aromatic heterocycles. The van der Waals surface area contributed by atoms with E-state index in [0.29, 0.717) is 0 Å². The Hall–Kier alpha value is -1.09. The molecule has 0 aromatic carbocycles. The average molecular weight is 249 g/mol. The smallest absolute Gasteiger partial charge is 0.475 e. The lowest BCUT2D eigenvalue weighted by Crippen LogP contribution is -2.21. The first-order chi connectivity index (χ1) is 6.42. The SMILES string of the molecule is C=C(CN)S(C)(=O)=O.O=C(O)C(F)(F)F. The minimum atomic E-state index is -5.08. The van der Waals surface area contributed by atoms with E-state index in [-0.39, 0.29) is 11.4 Å². The summed E-state index contributed by atoms with van der Waals surface area (Å²) in [5.41, 5.74) is 4.98. The van der Waals surface area contributed by atoms with E-state index in [2.05, 4.69) is 6.58 Å². The van der Waals surface area contributed by atoms with Crippen LogP contribution in [0, 0.1) is 0 Å². The molecule has 0 unspecified atom stereocenters. The van der Waals surface area contributed by atoms with Crippen molar-refractivity contribution in [2.24, 2.45) is 5.73 Å². The van der Waals surface area contributed by atoms with Crippen LogP contribution < -0.4 is 5.73 Å². The van der Waals surface area contributed by atoms with E-state index >= 15 is 0 Å². The Labute approximate surface area is 84.3 Å². The first-order valence-electron chi connectivity index (χ1n) is 3.31. The molecule has 0 saturated carbocycles. The second-order valence-electron chi connectivity index (χ2n) is 2.32. The lowest BCUT2D eigenvalue weighted by Gasteiger charge is -1.94. The van der Waals surface area contributed by atoms with Crippen LogP contribution >= 0.6 is 0 Å². The highest BCUT2D eigenvalue weighted by atomic mass is 32.2. The molecule has 0 heterocycles. The summed E-state index contributed by atoms with van der Waals surface area (Å²) in [4.78, 5) is 8.98. The summed E-state index contributed by atoms with van der Waals surface area (Å²) in [6.45, 7) is 3.24. The van der Waals surface area contributed by atoms with Gasteiger partial charge in [0, 0.05) is 12.8 Å². The number of hydrogen-bond donors (Lipinski definition) is 2. The number of halogens is 3. The summed E-state index contributed by atoms with van der Waals surface area (Å²) in [7, 11) is -3.07. The van der Waals surface area contributed by atoms with Crippen molar-refractivity contribution in [3.8, 4) is 0 Å². The monoisotopic (exact) mass is 249 g/mol. The van der Waals surface area contributed by atoms with E-state index in [0.717, 1.165) is 6.26 Å². The Kier molecular flexibility index (Phi) is 6.22. The van der Waals surface area contributed by atoms with Crippen LogP contribution in [-0.4, -0.2) is 38.5 Å². The summed E-state index contributed by atoms with van der Waals surface area (Å²) in [6, 6.07) is 0. The number of alkyl halides is 3. The highest BCUT2D eigenvalue weighted by molar-refractivity contribution is 7.94. The number of carbonyl (C=O) groups is 1. The summed E-state index contributed by atoms with van der Waals surface area (Å²) >= 11 is 0. The molecule has 0 bridgehead atoms. The maximum atomic E-state index is 10.6. The molecule has 0 saturated heterocycles. The Morgan fingerprint density at radius 2 is 1.73 bits per heavy atom. The lowest BCUT2D eigenvalue weighted by molar-refractivity contribution is -0.192. The van der Waals surface area contributed by atoms with E-state index in [4.69, 9.17) is 15.6 Å². The zero-order chi connectivity index (χ0) is 12.9. The van der Waals surface area contributed by atoms with E-state index in [1.807, 2.05) is 0 Å².